The Balaban J connectivity index is 1.61. The van der Waals surface area contributed by atoms with Crippen LogP contribution in [0.25, 0.3) is 0 Å². The molecule has 0 bridgehead atoms. The number of carbonyl (C=O) groups is 1. The number of hydrogen-bond acceptors (Lipinski definition) is 4. The number of hydrogen-bond donors (Lipinski definition) is 0. The molecule has 2 aliphatic heterocycles. The minimum atomic E-state index is -3.68. The van der Waals surface area contributed by atoms with Crippen molar-refractivity contribution in [1.82, 2.24) is 4.31 Å². The van der Waals surface area contributed by atoms with E-state index >= 15 is 0 Å². The van der Waals surface area contributed by atoms with E-state index in [0.29, 0.717) is 13.1 Å². The summed E-state index contributed by atoms with van der Waals surface area (Å²) in [5.74, 6) is -0.244. The number of nitrogens with zero attached hydrogens (tertiary/aromatic N) is 2. The van der Waals surface area contributed by atoms with Gasteiger partial charge in [0.2, 0.25) is 5.09 Å². The van der Waals surface area contributed by atoms with Gasteiger partial charge in [-0.1, -0.05) is 24.6 Å². The first kappa shape index (κ1) is 17.3. The fourth-order valence-electron chi connectivity index (χ4n) is 3.80. The number of anilines is 1. The quantitative estimate of drug-likeness (QED) is 0.828. The Bertz CT molecular complexity index is 929. The maximum Gasteiger partial charge on any atom is 0.294 e. The maximum atomic E-state index is 13.0. The topological polar surface area (TPSA) is 70.8 Å². The maximum absolute atomic E-state index is 13.0. The van der Waals surface area contributed by atoms with Crippen molar-refractivity contribution in [3.8, 4) is 0 Å². The summed E-state index contributed by atoms with van der Waals surface area (Å²) < 4.78 is 32.4. The third-order valence-corrected chi connectivity index (χ3v) is 6.90. The van der Waals surface area contributed by atoms with Crippen LogP contribution in [-0.2, 0) is 16.4 Å². The summed E-state index contributed by atoms with van der Waals surface area (Å²) in [6, 6.07) is 10.6. The van der Waals surface area contributed by atoms with Crippen LogP contribution >= 0.6 is 0 Å². The molecule has 0 unspecified atom stereocenters. The van der Waals surface area contributed by atoms with Crippen molar-refractivity contribution in [2.45, 2.75) is 43.7 Å². The van der Waals surface area contributed by atoms with Gasteiger partial charge in [0.05, 0.1) is 0 Å². The number of benzene rings is 1. The number of fused-ring (bicyclic) bond motifs is 1. The average molecular weight is 374 g/mol. The van der Waals surface area contributed by atoms with Crippen LogP contribution in [0.3, 0.4) is 0 Å². The molecule has 1 fully saturated rings. The van der Waals surface area contributed by atoms with E-state index in [9.17, 15) is 13.2 Å². The molecule has 0 saturated carbocycles. The van der Waals surface area contributed by atoms with Crippen molar-refractivity contribution in [3.63, 3.8) is 0 Å². The first-order chi connectivity index (χ1) is 12.5. The predicted octanol–water partition coefficient (Wildman–Crippen LogP) is 3.05. The van der Waals surface area contributed by atoms with Gasteiger partial charge in [0, 0.05) is 24.8 Å². The van der Waals surface area contributed by atoms with Crippen LogP contribution in [0.15, 0.2) is 45.9 Å². The van der Waals surface area contributed by atoms with E-state index in [1.807, 2.05) is 31.2 Å². The Hall–Kier alpha value is -2.12. The molecule has 26 heavy (non-hydrogen) atoms. The number of furan rings is 1. The van der Waals surface area contributed by atoms with E-state index in [2.05, 4.69) is 0 Å². The minimum Gasteiger partial charge on any atom is -0.438 e. The summed E-state index contributed by atoms with van der Waals surface area (Å²) in [6.07, 6.45) is 3.53. The molecular weight excluding hydrogens is 352 g/mol. The predicted molar refractivity (Wildman–Crippen MR) is 97.7 cm³/mol. The molecule has 0 radical (unpaired) electrons. The molecule has 1 saturated heterocycles. The molecule has 6 nitrogen and oxygen atoms in total. The number of rotatable bonds is 3. The summed E-state index contributed by atoms with van der Waals surface area (Å²) in [5.41, 5.74) is 1.97. The average Bonchev–Trinajstić information content (AvgIpc) is 3.26. The molecule has 1 aromatic heterocycles. The third-order valence-electron chi connectivity index (χ3n) is 5.13. The second kappa shape index (κ2) is 6.55. The largest absolute Gasteiger partial charge is 0.438 e. The summed E-state index contributed by atoms with van der Waals surface area (Å²) >= 11 is 0. The monoisotopic (exact) mass is 374 g/mol. The van der Waals surface area contributed by atoms with Gasteiger partial charge in [0.25, 0.3) is 15.9 Å². The van der Waals surface area contributed by atoms with Crippen LogP contribution < -0.4 is 4.90 Å². The first-order valence-corrected chi connectivity index (χ1v) is 10.4. The van der Waals surface area contributed by atoms with Crippen molar-refractivity contribution >= 4 is 21.6 Å². The van der Waals surface area contributed by atoms with Gasteiger partial charge in [-0.2, -0.15) is 4.31 Å². The van der Waals surface area contributed by atoms with Crippen LogP contribution in [0.1, 0.15) is 42.3 Å². The van der Waals surface area contributed by atoms with Crippen LogP contribution in [0.4, 0.5) is 5.69 Å². The van der Waals surface area contributed by atoms with Crippen LogP contribution in [0.5, 0.6) is 0 Å². The highest BCUT2D eigenvalue weighted by atomic mass is 32.2. The number of para-hydroxylation sites is 1. The number of amides is 1. The zero-order valence-corrected chi connectivity index (χ0v) is 15.5. The summed E-state index contributed by atoms with van der Waals surface area (Å²) in [6.45, 7) is 2.98. The Labute approximate surface area is 153 Å². The number of piperidine rings is 1. The molecule has 138 valence electrons. The second-order valence-corrected chi connectivity index (χ2v) is 8.81. The Morgan fingerprint density at radius 2 is 1.81 bits per heavy atom. The van der Waals surface area contributed by atoms with E-state index < -0.39 is 10.0 Å². The van der Waals surface area contributed by atoms with Crippen molar-refractivity contribution in [3.05, 3.63) is 47.7 Å². The smallest absolute Gasteiger partial charge is 0.294 e. The van der Waals surface area contributed by atoms with E-state index in [4.69, 9.17) is 4.42 Å². The third kappa shape index (κ3) is 2.85. The zero-order chi connectivity index (χ0) is 18.3. The van der Waals surface area contributed by atoms with Gasteiger partial charge in [-0.3, -0.25) is 4.79 Å². The minimum absolute atomic E-state index is 0.00662. The molecular formula is C19H22N2O4S. The summed E-state index contributed by atoms with van der Waals surface area (Å²) in [5, 5.41) is -0.150. The Morgan fingerprint density at radius 3 is 2.58 bits per heavy atom. The Morgan fingerprint density at radius 1 is 1.08 bits per heavy atom. The van der Waals surface area contributed by atoms with Crippen molar-refractivity contribution < 1.29 is 17.6 Å². The van der Waals surface area contributed by atoms with Crippen molar-refractivity contribution in [2.24, 2.45) is 0 Å². The van der Waals surface area contributed by atoms with E-state index in [1.54, 1.807) is 4.90 Å². The summed E-state index contributed by atoms with van der Waals surface area (Å²) in [7, 11) is -3.68. The van der Waals surface area contributed by atoms with Crippen molar-refractivity contribution in [2.75, 3.05) is 18.0 Å². The molecule has 2 aromatic rings. The fraction of sp³-hybridized carbons (Fsp3) is 0.421. The van der Waals surface area contributed by atoms with Gasteiger partial charge in [-0.05, 0) is 49.9 Å². The SMILES string of the molecule is C[C@@H]1Cc2ccccc2N1C(=O)c1ccc(S(=O)(=O)N2CCCCC2)o1. The molecule has 4 rings (SSSR count). The highest BCUT2D eigenvalue weighted by Crippen LogP contribution is 2.33. The van der Waals surface area contributed by atoms with E-state index in [0.717, 1.165) is 36.9 Å². The molecule has 0 spiro atoms. The van der Waals surface area contributed by atoms with Gasteiger partial charge in [-0.15, -0.1) is 0 Å². The highest BCUT2D eigenvalue weighted by molar-refractivity contribution is 7.89. The Kier molecular flexibility index (Phi) is 4.36. The standard InChI is InChI=1S/C19H22N2O4S/c1-14-13-15-7-3-4-8-16(15)21(14)19(22)17-9-10-18(25-17)26(23,24)20-11-5-2-6-12-20/h3-4,7-10,14H,2,5-6,11-13H2,1H3/t14-/m1/s1. The van der Waals surface area contributed by atoms with Gasteiger partial charge < -0.3 is 9.32 Å². The molecule has 0 aliphatic carbocycles. The van der Waals surface area contributed by atoms with Crippen molar-refractivity contribution in [1.29, 1.82) is 0 Å². The molecule has 1 aromatic carbocycles. The van der Waals surface area contributed by atoms with Crippen LogP contribution in [-0.4, -0.2) is 37.8 Å². The molecule has 0 N–H and O–H groups in total. The van der Waals surface area contributed by atoms with Gasteiger partial charge >= 0.3 is 0 Å². The zero-order valence-electron chi connectivity index (χ0n) is 14.7. The molecule has 2 aliphatic rings. The lowest BCUT2D eigenvalue weighted by atomic mass is 10.1. The van der Waals surface area contributed by atoms with Crippen LogP contribution in [0.2, 0.25) is 0 Å². The first-order valence-electron chi connectivity index (χ1n) is 9.00. The normalized spacial score (nSPS) is 21.0. The highest BCUT2D eigenvalue weighted by Gasteiger charge is 2.34. The van der Waals surface area contributed by atoms with Gasteiger partial charge in [0.1, 0.15) is 0 Å². The lowest BCUT2D eigenvalue weighted by molar-refractivity contribution is 0.0949. The molecule has 1 amide bonds. The van der Waals surface area contributed by atoms with Gasteiger partial charge in [0.15, 0.2) is 5.76 Å². The summed E-state index contributed by atoms with van der Waals surface area (Å²) in [4.78, 5) is 14.6. The number of carbonyl (C=O) groups excluding carboxylic acids is 1. The lowest BCUT2D eigenvalue weighted by Crippen LogP contribution is -2.36. The molecule has 1 atom stereocenters. The fourth-order valence-corrected chi connectivity index (χ4v) is 5.23. The second-order valence-electron chi connectivity index (χ2n) is 6.94. The molecule has 7 heteroatoms. The number of sulfonamides is 1. The van der Waals surface area contributed by atoms with Gasteiger partial charge in [-0.25, -0.2) is 8.42 Å². The van der Waals surface area contributed by atoms with Crippen LogP contribution in [0, 0.1) is 0 Å². The van der Waals surface area contributed by atoms with E-state index in [1.165, 1.54) is 16.4 Å². The molecule has 3 heterocycles. The van der Waals surface area contributed by atoms with E-state index in [-0.39, 0.29) is 22.8 Å². The lowest BCUT2D eigenvalue weighted by Gasteiger charge is -2.24.